The van der Waals surface area contributed by atoms with Gasteiger partial charge in [-0.25, -0.2) is 4.98 Å². The molecule has 0 atom stereocenters. The molecule has 27 heavy (non-hydrogen) atoms. The average molecular weight is 355 g/mol. The number of aromatic nitrogens is 2. The van der Waals surface area contributed by atoms with Crippen LogP contribution in [-0.2, 0) is 0 Å². The summed E-state index contributed by atoms with van der Waals surface area (Å²) < 4.78 is 0. The van der Waals surface area contributed by atoms with Crippen molar-refractivity contribution in [2.45, 2.75) is 20.3 Å². The second kappa shape index (κ2) is 10.6. The summed E-state index contributed by atoms with van der Waals surface area (Å²) in [5, 5.41) is 0. The molecular weight excluding hydrogens is 330 g/mol. The van der Waals surface area contributed by atoms with E-state index in [1.54, 1.807) is 18.3 Å². The number of pyridine rings is 2. The van der Waals surface area contributed by atoms with Crippen LogP contribution in [0.5, 0.6) is 0 Å². The van der Waals surface area contributed by atoms with E-state index < -0.39 is 0 Å². The quantitative estimate of drug-likeness (QED) is 0.389. The fourth-order valence-corrected chi connectivity index (χ4v) is 2.44. The highest BCUT2D eigenvalue weighted by Gasteiger charge is 2.10. The molecule has 0 saturated carbocycles. The first-order valence-corrected chi connectivity index (χ1v) is 9.02. The zero-order chi connectivity index (χ0) is 19.5. The van der Waals surface area contributed by atoms with E-state index in [1.807, 2.05) is 48.5 Å². The van der Waals surface area contributed by atoms with Crippen LogP contribution in [0, 0.1) is 0 Å². The molecule has 3 heteroatoms. The standard InChI is InChI=1S/C21H17N3.C3H8/c1-3-9-18(22-2)20-14-17(16-10-5-4-6-11-16)15-21(24-20)19-12-7-8-13-23-19;1-3-2/h3-15H,1-2H2;3H2,1-2H3/b18-9-;. The molecule has 0 bridgehead atoms. The van der Waals surface area contributed by atoms with Crippen LogP contribution >= 0.6 is 0 Å². The lowest BCUT2D eigenvalue weighted by Gasteiger charge is -2.09. The third-order valence-electron chi connectivity index (χ3n) is 3.57. The molecular formula is C24H25N3. The molecule has 0 aliphatic rings. The van der Waals surface area contributed by atoms with Crippen molar-refractivity contribution in [2.75, 3.05) is 0 Å². The highest BCUT2D eigenvalue weighted by Crippen LogP contribution is 2.27. The lowest BCUT2D eigenvalue weighted by atomic mass is 10.0. The minimum Gasteiger partial charge on any atom is -0.262 e. The number of aliphatic imine (C=N–C) groups is 1. The molecule has 3 aromatic rings. The maximum absolute atomic E-state index is 4.71. The topological polar surface area (TPSA) is 38.1 Å². The van der Waals surface area contributed by atoms with Crippen LogP contribution < -0.4 is 0 Å². The third-order valence-corrected chi connectivity index (χ3v) is 3.57. The zero-order valence-corrected chi connectivity index (χ0v) is 16.0. The molecule has 0 N–H and O–H groups in total. The maximum Gasteiger partial charge on any atom is 0.0900 e. The predicted octanol–water partition coefficient (Wildman–Crippen LogP) is 6.45. The molecule has 0 saturated heterocycles. The van der Waals surface area contributed by atoms with Gasteiger partial charge in [0, 0.05) is 6.20 Å². The summed E-state index contributed by atoms with van der Waals surface area (Å²) >= 11 is 0. The van der Waals surface area contributed by atoms with E-state index in [0.717, 1.165) is 28.2 Å². The Morgan fingerprint density at radius 2 is 1.67 bits per heavy atom. The van der Waals surface area contributed by atoms with Gasteiger partial charge in [-0.05, 0) is 48.2 Å². The Bertz CT molecular complexity index is 840. The van der Waals surface area contributed by atoms with Crippen LogP contribution in [0.3, 0.4) is 0 Å². The van der Waals surface area contributed by atoms with Crippen LogP contribution in [0.4, 0.5) is 0 Å². The molecule has 0 unspecified atom stereocenters. The van der Waals surface area contributed by atoms with Crippen molar-refractivity contribution in [3.05, 3.63) is 91.3 Å². The fourth-order valence-electron chi connectivity index (χ4n) is 2.44. The van der Waals surface area contributed by atoms with E-state index in [4.69, 9.17) is 4.98 Å². The Hall–Kier alpha value is -3.33. The highest BCUT2D eigenvalue weighted by molar-refractivity contribution is 5.76. The first kappa shape index (κ1) is 20.0. The SMILES string of the molecule is C=C/C=C(\N=C)c1cc(-c2ccccc2)cc(-c2ccccn2)n1.CCC. The Morgan fingerprint density at radius 3 is 2.26 bits per heavy atom. The largest absolute Gasteiger partial charge is 0.262 e. The minimum absolute atomic E-state index is 0.681. The molecule has 2 aromatic heterocycles. The van der Waals surface area contributed by atoms with Crippen LogP contribution in [0.25, 0.3) is 28.2 Å². The van der Waals surface area contributed by atoms with Crippen molar-refractivity contribution in [2.24, 2.45) is 4.99 Å². The predicted molar refractivity (Wildman–Crippen MR) is 117 cm³/mol. The van der Waals surface area contributed by atoms with Crippen molar-refractivity contribution in [1.82, 2.24) is 9.97 Å². The van der Waals surface area contributed by atoms with Crippen molar-refractivity contribution in [3.8, 4) is 22.5 Å². The summed E-state index contributed by atoms with van der Waals surface area (Å²) in [6.07, 6.45) is 6.49. The molecule has 3 rings (SSSR count). The number of rotatable bonds is 5. The van der Waals surface area contributed by atoms with Gasteiger partial charge in [0.1, 0.15) is 0 Å². The van der Waals surface area contributed by atoms with E-state index in [1.165, 1.54) is 6.42 Å². The van der Waals surface area contributed by atoms with E-state index in [0.29, 0.717) is 5.70 Å². The summed E-state index contributed by atoms with van der Waals surface area (Å²) in [4.78, 5) is 13.2. The molecule has 0 aliphatic heterocycles. The summed E-state index contributed by atoms with van der Waals surface area (Å²) in [5.41, 5.74) is 5.20. The fraction of sp³-hybridized carbons (Fsp3) is 0.125. The summed E-state index contributed by atoms with van der Waals surface area (Å²) in [5.74, 6) is 0. The van der Waals surface area contributed by atoms with E-state index in [9.17, 15) is 0 Å². The number of hydrogen-bond donors (Lipinski definition) is 0. The monoisotopic (exact) mass is 355 g/mol. The Balaban J connectivity index is 0.000000817. The number of hydrogen-bond acceptors (Lipinski definition) is 3. The molecule has 0 aliphatic carbocycles. The van der Waals surface area contributed by atoms with E-state index in [2.05, 4.69) is 49.3 Å². The molecule has 1 aromatic carbocycles. The molecule has 0 radical (unpaired) electrons. The first-order valence-electron chi connectivity index (χ1n) is 9.02. The van der Waals surface area contributed by atoms with Crippen LogP contribution in [-0.4, -0.2) is 16.7 Å². The van der Waals surface area contributed by atoms with Crippen molar-refractivity contribution in [1.29, 1.82) is 0 Å². The summed E-state index contributed by atoms with van der Waals surface area (Å²) in [6.45, 7) is 11.6. The molecule has 0 fully saturated rings. The summed E-state index contributed by atoms with van der Waals surface area (Å²) in [7, 11) is 0. The molecule has 0 spiro atoms. The van der Waals surface area contributed by atoms with Gasteiger partial charge in [0.05, 0.1) is 22.8 Å². The van der Waals surface area contributed by atoms with Gasteiger partial charge in [0.2, 0.25) is 0 Å². The number of nitrogens with zero attached hydrogens (tertiary/aromatic N) is 3. The van der Waals surface area contributed by atoms with Gasteiger partial charge >= 0.3 is 0 Å². The zero-order valence-electron chi connectivity index (χ0n) is 16.0. The molecule has 136 valence electrons. The second-order valence-electron chi connectivity index (χ2n) is 5.86. The maximum atomic E-state index is 4.71. The van der Waals surface area contributed by atoms with Crippen molar-refractivity contribution < 1.29 is 0 Å². The second-order valence-corrected chi connectivity index (χ2v) is 5.86. The highest BCUT2D eigenvalue weighted by atomic mass is 14.8. The van der Waals surface area contributed by atoms with E-state index >= 15 is 0 Å². The van der Waals surface area contributed by atoms with Crippen LogP contribution in [0.2, 0.25) is 0 Å². The van der Waals surface area contributed by atoms with Gasteiger partial charge in [-0.15, -0.1) is 0 Å². The summed E-state index contributed by atoms with van der Waals surface area (Å²) in [6, 6.07) is 20.0. The van der Waals surface area contributed by atoms with Crippen LogP contribution in [0.1, 0.15) is 26.0 Å². The lowest BCUT2D eigenvalue weighted by molar-refractivity contribution is 1.09. The van der Waals surface area contributed by atoms with Gasteiger partial charge in [0.25, 0.3) is 0 Å². The van der Waals surface area contributed by atoms with Crippen molar-refractivity contribution in [3.63, 3.8) is 0 Å². The third kappa shape index (κ3) is 5.58. The molecule has 3 nitrogen and oxygen atoms in total. The normalized spacial score (nSPS) is 10.5. The van der Waals surface area contributed by atoms with Gasteiger partial charge in [-0.3, -0.25) is 9.98 Å². The average Bonchev–Trinajstić information content (AvgIpc) is 2.73. The Kier molecular flexibility index (Phi) is 7.86. The molecule has 2 heterocycles. The van der Waals surface area contributed by atoms with E-state index in [-0.39, 0.29) is 0 Å². The van der Waals surface area contributed by atoms with Gasteiger partial charge < -0.3 is 0 Å². The minimum atomic E-state index is 0.681. The first-order chi connectivity index (χ1) is 13.2. The number of allylic oxidation sites excluding steroid dienone is 2. The number of benzene rings is 1. The Morgan fingerprint density at radius 1 is 0.963 bits per heavy atom. The Labute approximate surface area is 161 Å². The van der Waals surface area contributed by atoms with Gasteiger partial charge in [-0.2, -0.15) is 0 Å². The van der Waals surface area contributed by atoms with Gasteiger partial charge in [-0.1, -0.05) is 69.3 Å². The molecule has 0 amide bonds. The smallest absolute Gasteiger partial charge is 0.0900 e. The van der Waals surface area contributed by atoms with Crippen molar-refractivity contribution >= 4 is 12.4 Å². The van der Waals surface area contributed by atoms with Crippen LogP contribution in [0.15, 0.2) is 90.6 Å². The lowest BCUT2D eigenvalue weighted by Crippen LogP contribution is -1.94. The van der Waals surface area contributed by atoms with Gasteiger partial charge in [0.15, 0.2) is 0 Å².